The molecular weight excluding hydrogens is 176 g/mol. The Morgan fingerprint density at radius 1 is 1.33 bits per heavy atom. The van der Waals surface area contributed by atoms with E-state index in [2.05, 4.69) is 0 Å². The van der Waals surface area contributed by atoms with E-state index in [9.17, 15) is 4.79 Å². The molecule has 0 heterocycles. The highest BCUT2D eigenvalue weighted by atomic mass is 28.3. The first-order valence-corrected chi connectivity index (χ1v) is 4.96. The van der Waals surface area contributed by atoms with Gasteiger partial charge in [0, 0.05) is 19.8 Å². The van der Waals surface area contributed by atoms with Crippen molar-refractivity contribution in [3.63, 3.8) is 0 Å². The predicted octanol–water partition coefficient (Wildman–Crippen LogP) is 0.506. The molecule has 0 aliphatic carbocycles. The SMILES string of the molecule is CC=C(C)C(=O)O[SiH](OC)OC. The van der Waals surface area contributed by atoms with Crippen LogP contribution in [0.25, 0.3) is 0 Å². The molecule has 0 rings (SSSR count). The lowest BCUT2D eigenvalue weighted by Gasteiger charge is -2.11. The van der Waals surface area contributed by atoms with Gasteiger partial charge in [-0.2, -0.15) is 0 Å². The summed E-state index contributed by atoms with van der Waals surface area (Å²) in [6.07, 6.45) is 1.68. The molecule has 0 N–H and O–H groups in total. The zero-order valence-electron chi connectivity index (χ0n) is 7.79. The van der Waals surface area contributed by atoms with Crippen molar-refractivity contribution in [1.82, 2.24) is 0 Å². The number of allylic oxidation sites excluding steroid dienone is 1. The van der Waals surface area contributed by atoms with Crippen molar-refractivity contribution >= 4 is 15.5 Å². The van der Waals surface area contributed by atoms with Gasteiger partial charge in [-0.1, -0.05) is 6.08 Å². The summed E-state index contributed by atoms with van der Waals surface area (Å²) in [7, 11) is 0.704. The molecule has 4 nitrogen and oxygen atoms in total. The smallest absolute Gasteiger partial charge is 0.472 e. The standard InChI is InChI=1S/C7H14O4Si/c1-5-6(2)7(8)11-12(9-3)10-4/h5,12H,1-4H3. The molecule has 0 aliphatic rings. The average Bonchev–Trinajstić information content (AvgIpc) is 2.12. The molecule has 0 aliphatic heterocycles. The maximum absolute atomic E-state index is 11.1. The average molecular weight is 190 g/mol. The van der Waals surface area contributed by atoms with E-state index in [1.807, 2.05) is 0 Å². The molecule has 12 heavy (non-hydrogen) atoms. The van der Waals surface area contributed by atoms with E-state index >= 15 is 0 Å². The van der Waals surface area contributed by atoms with Gasteiger partial charge in [-0.05, 0) is 13.8 Å². The molecule has 0 saturated carbocycles. The Balaban J connectivity index is 3.98. The van der Waals surface area contributed by atoms with Crippen molar-refractivity contribution < 1.29 is 18.1 Å². The molecular formula is C7H14O4Si. The Kier molecular flexibility index (Phi) is 5.61. The highest BCUT2D eigenvalue weighted by Crippen LogP contribution is 1.98. The van der Waals surface area contributed by atoms with Gasteiger partial charge in [-0.3, -0.25) is 0 Å². The van der Waals surface area contributed by atoms with Crippen LogP contribution < -0.4 is 0 Å². The van der Waals surface area contributed by atoms with Gasteiger partial charge in [-0.25, -0.2) is 4.79 Å². The van der Waals surface area contributed by atoms with Crippen molar-refractivity contribution in [1.29, 1.82) is 0 Å². The zero-order chi connectivity index (χ0) is 9.56. The number of hydrogen-bond acceptors (Lipinski definition) is 4. The van der Waals surface area contributed by atoms with E-state index in [0.717, 1.165) is 0 Å². The van der Waals surface area contributed by atoms with Gasteiger partial charge >= 0.3 is 15.5 Å². The third-order valence-corrected chi connectivity index (χ3v) is 2.52. The van der Waals surface area contributed by atoms with Crippen LogP contribution in [0, 0.1) is 0 Å². The second kappa shape index (κ2) is 5.93. The maximum atomic E-state index is 11.1. The van der Waals surface area contributed by atoms with Gasteiger partial charge in [0.15, 0.2) is 0 Å². The third kappa shape index (κ3) is 3.66. The van der Waals surface area contributed by atoms with Crippen LogP contribution in [0.5, 0.6) is 0 Å². The fourth-order valence-corrected chi connectivity index (χ4v) is 1.24. The van der Waals surface area contributed by atoms with E-state index in [0.29, 0.717) is 5.57 Å². The van der Waals surface area contributed by atoms with E-state index in [4.69, 9.17) is 13.3 Å². The highest BCUT2D eigenvalue weighted by molar-refractivity contribution is 6.39. The molecule has 0 aromatic rings. The number of rotatable bonds is 4. The Labute approximate surface area is 74.1 Å². The molecule has 0 unspecified atom stereocenters. The lowest BCUT2D eigenvalue weighted by atomic mass is 10.3. The summed E-state index contributed by atoms with van der Waals surface area (Å²) >= 11 is 0. The van der Waals surface area contributed by atoms with Crippen LogP contribution >= 0.6 is 0 Å². The number of hydrogen-bond donors (Lipinski definition) is 0. The molecule has 0 spiro atoms. The Hall–Kier alpha value is -0.653. The second-order valence-electron chi connectivity index (χ2n) is 2.14. The van der Waals surface area contributed by atoms with Crippen molar-refractivity contribution in [2.45, 2.75) is 13.8 Å². The number of carbonyl (C=O) groups excluding carboxylic acids is 1. The Morgan fingerprint density at radius 3 is 2.17 bits per heavy atom. The molecule has 0 aromatic heterocycles. The van der Waals surface area contributed by atoms with E-state index in [1.165, 1.54) is 14.2 Å². The lowest BCUT2D eigenvalue weighted by molar-refractivity contribution is -0.133. The second-order valence-corrected chi connectivity index (χ2v) is 3.89. The van der Waals surface area contributed by atoms with E-state index in [-0.39, 0.29) is 5.97 Å². The lowest BCUT2D eigenvalue weighted by Crippen LogP contribution is -2.27. The Bertz CT molecular complexity index is 174. The van der Waals surface area contributed by atoms with Crippen molar-refractivity contribution in [3.8, 4) is 0 Å². The van der Waals surface area contributed by atoms with Gasteiger partial charge in [0.25, 0.3) is 0 Å². The number of carbonyl (C=O) groups is 1. The quantitative estimate of drug-likeness (QED) is 0.478. The summed E-state index contributed by atoms with van der Waals surface area (Å²) in [5, 5.41) is 0. The normalized spacial score (nSPS) is 11.9. The minimum atomic E-state index is -2.21. The molecule has 0 saturated heterocycles. The van der Waals surface area contributed by atoms with Crippen LogP contribution in [0.3, 0.4) is 0 Å². The molecule has 0 bridgehead atoms. The van der Waals surface area contributed by atoms with Crippen LogP contribution in [0.1, 0.15) is 13.8 Å². The minimum Gasteiger partial charge on any atom is -0.472 e. The summed E-state index contributed by atoms with van der Waals surface area (Å²) in [6.45, 7) is 3.45. The fourth-order valence-electron chi connectivity index (χ4n) is 0.491. The summed E-state index contributed by atoms with van der Waals surface area (Å²) in [5.74, 6) is -0.377. The van der Waals surface area contributed by atoms with Crippen molar-refractivity contribution in [3.05, 3.63) is 11.6 Å². The van der Waals surface area contributed by atoms with E-state index in [1.54, 1.807) is 19.9 Å². The summed E-state index contributed by atoms with van der Waals surface area (Å²) in [5.41, 5.74) is 0.557. The first-order chi connectivity index (χ1) is 5.65. The van der Waals surface area contributed by atoms with Gasteiger partial charge in [0.2, 0.25) is 0 Å². The van der Waals surface area contributed by atoms with Crippen LogP contribution in [0.2, 0.25) is 0 Å². The fraction of sp³-hybridized carbons (Fsp3) is 0.571. The van der Waals surface area contributed by atoms with Gasteiger partial charge in [-0.15, -0.1) is 0 Å². The van der Waals surface area contributed by atoms with Crippen molar-refractivity contribution in [2.75, 3.05) is 14.2 Å². The molecule has 0 atom stereocenters. The van der Waals surface area contributed by atoms with Gasteiger partial charge in [0.05, 0.1) is 0 Å². The molecule has 0 amide bonds. The first kappa shape index (κ1) is 11.3. The minimum absolute atomic E-state index is 0.377. The maximum Gasteiger partial charge on any atom is 0.551 e. The first-order valence-electron chi connectivity index (χ1n) is 3.55. The summed E-state index contributed by atoms with van der Waals surface area (Å²) in [4.78, 5) is 11.1. The predicted molar refractivity (Wildman–Crippen MR) is 46.7 cm³/mol. The third-order valence-electron chi connectivity index (χ3n) is 1.34. The van der Waals surface area contributed by atoms with Crippen molar-refractivity contribution in [2.24, 2.45) is 0 Å². The highest BCUT2D eigenvalue weighted by Gasteiger charge is 2.17. The topological polar surface area (TPSA) is 44.8 Å². The van der Waals surface area contributed by atoms with Crippen LogP contribution in [0.15, 0.2) is 11.6 Å². The zero-order valence-corrected chi connectivity index (χ0v) is 8.94. The van der Waals surface area contributed by atoms with Crippen LogP contribution in [0.4, 0.5) is 0 Å². The van der Waals surface area contributed by atoms with Gasteiger partial charge < -0.3 is 13.3 Å². The van der Waals surface area contributed by atoms with Gasteiger partial charge in [0.1, 0.15) is 0 Å². The monoisotopic (exact) mass is 190 g/mol. The molecule has 0 fully saturated rings. The molecule has 5 heteroatoms. The molecule has 70 valence electrons. The van der Waals surface area contributed by atoms with Crippen LogP contribution in [-0.2, 0) is 18.1 Å². The largest absolute Gasteiger partial charge is 0.551 e. The summed E-state index contributed by atoms with van der Waals surface area (Å²) < 4.78 is 14.5. The summed E-state index contributed by atoms with van der Waals surface area (Å²) in [6, 6.07) is 0. The van der Waals surface area contributed by atoms with Crippen LogP contribution in [-0.4, -0.2) is 29.7 Å². The molecule has 0 aromatic carbocycles. The van der Waals surface area contributed by atoms with E-state index < -0.39 is 9.53 Å². The molecule has 0 radical (unpaired) electrons. The Morgan fingerprint density at radius 2 is 1.83 bits per heavy atom.